The highest BCUT2D eigenvalue weighted by Crippen LogP contribution is 2.66. The van der Waals surface area contributed by atoms with Gasteiger partial charge in [-0.05, 0) is 74.0 Å². The van der Waals surface area contributed by atoms with Gasteiger partial charge in [0, 0.05) is 32.0 Å². The maximum Gasteiger partial charge on any atom is 0.133 e. The molecule has 0 unspecified atom stereocenters. The second-order valence-corrected chi connectivity index (χ2v) is 9.13. The van der Waals surface area contributed by atoms with Gasteiger partial charge < -0.3 is 9.84 Å². The summed E-state index contributed by atoms with van der Waals surface area (Å²) in [6, 6.07) is 0. The standard InChI is InChI=1S/C20H32O3/c1-19-9-8-17-15(16(19)5-6-18(19)23-2)4-3-13-11-14(22)7-10-20(13,17)12-21/h13,15-18,21H,3-12H2,1-2H3/t13-,15-,16-,17-,18-,19-,20+/m0/s1. The Hall–Kier alpha value is -0.410. The minimum absolute atomic E-state index is 0.0450. The molecule has 4 fully saturated rings. The molecule has 1 N–H and O–H groups in total. The minimum atomic E-state index is 0.0450. The summed E-state index contributed by atoms with van der Waals surface area (Å²) in [6.07, 6.45) is 10.2. The summed E-state index contributed by atoms with van der Waals surface area (Å²) in [5, 5.41) is 10.4. The van der Waals surface area contributed by atoms with Crippen LogP contribution in [0.3, 0.4) is 0 Å². The molecule has 0 spiro atoms. The van der Waals surface area contributed by atoms with Crippen molar-refractivity contribution >= 4 is 5.78 Å². The molecule has 4 rings (SSSR count). The van der Waals surface area contributed by atoms with Gasteiger partial charge in [-0.1, -0.05) is 6.92 Å². The quantitative estimate of drug-likeness (QED) is 0.846. The fourth-order valence-corrected chi connectivity index (χ4v) is 7.50. The van der Waals surface area contributed by atoms with Gasteiger partial charge >= 0.3 is 0 Å². The van der Waals surface area contributed by atoms with E-state index in [0.29, 0.717) is 42.2 Å². The number of carbonyl (C=O) groups is 1. The smallest absolute Gasteiger partial charge is 0.133 e. The zero-order valence-electron chi connectivity index (χ0n) is 14.7. The molecule has 0 amide bonds. The highest BCUT2D eigenvalue weighted by Gasteiger charge is 2.61. The zero-order chi connectivity index (χ0) is 16.2. The molecule has 4 aliphatic rings. The summed E-state index contributed by atoms with van der Waals surface area (Å²) in [6.45, 7) is 2.75. The Morgan fingerprint density at radius 2 is 1.96 bits per heavy atom. The van der Waals surface area contributed by atoms with E-state index in [-0.39, 0.29) is 5.41 Å². The lowest BCUT2D eigenvalue weighted by Crippen LogP contribution is -2.56. The van der Waals surface area contributed by atoms with Crippen molar-refractivity contribution < 1.29 is 14.6 Å². The highest BCUT2D eigenvalue weighted by molar-refractivity contribution is 5.79. The van der Waals surface area contributed by atoms with Crippen molar-refractivity contribution in [3.05, 3.63) is 0 Å². The highest BCUT2D eigenvalue weighted by atomic mass is 16.5. The lowest BCUT2D eigenvalue weighted by atomic mass is 9.45. The number of methoxy groups -OCH3 is 1. The van der Waals surface area contributed by atoms with Gasteiger partial charge in [0.15, 0.2) is 0 Å². The van der Waals surface area contributed by atoms with Gasteiger partial charge in [-0.2, -0.15) is 0 Å². The number of hydrogen-bond donors (Lipinski definition) is 1. The normalized spacial score (nSPS) is 52.7. The number of ketones is 1. The number of ether oxygens (including phenoxy) is 1. The second-order valence-electron chi connectivity index (χ2n) is 9.13. The number of fused-ring (bicyclic) bond motifs is 5. The van der Waals surface area contributed by atoms with Crippen LogP contribution < -0.4 is 0 Å². The molecule has 0 heterocycles. The average molecular weight is 320 g/mol. The molecule has 130 valence electrons. The number of aliphatic hydroxyl groups excluding tert-OH is 1. The fourth-order valence-electron chi connectivity index (χ4n) is 7.50. The molecule has 0 aromatic heterocycles. The van der Waals surface area contributed by atoms with Crippen LogP contribution in [-0.2, 0) is 9.53 Å². The van der Waals surface area contributed by atoms with Crippen molar-refractivity contribution in [1.82, 2.24) is 0 Å². The van der Waals surface area contributed by atoms with Crippen molar-refractivity contribution in [2.45, 2.75) is 70.8 Å². The Morgan fingerprint density at radius 3 is 2.70 bits per heavy atom. The summed E-state index contributed by atoms with van der Waals surface area (Å²) < 4.78 is 5.84. The predicted molar refractivity (Wildman–Crippen MR) is 88.9 cm³/mol. The Bertz CT molecular complexity index is 489. The van der Waals surface area contributed by atoms with E-state index in [1.54, 1.807) is 0 Å². The van der Waals surface area contributed by atoms with Crippen LogP contribution in [0.15, 0.2) is 0 Å². The first-order chi connectivity index (χ1) is 11.0. The van der Waals surface area contributed by atoms with Crippen LogP contribution >= 0.6 is 0 Å². The maximum atomic E-state index is 12.0. The van der Waals surface area contributed by atoms with Crippen LogP contribution in [0.5, 0.6) is 0 Å². The third-order valence-corrected chi connectivity index (χ3v) is 8.67. The molecule has 0 bridgehead atoms. The molecule has 7 atom stereocenters. The zero-order valence-corrected chi connectivity index (χ0v) is 14.7. The molecule has 4 saturated carbocycles. The molecule has 3 nitrogen and oxygen atoms in total. The summed E-state index contributed by atoms with van der Waals surface area (Å²) in [4.78, 5) is 12.0. The molecule has 3 heteroatoms. The maximum absolute atomic E-state index is 12.0. The topological polar surface area (TPSA) is 46.5 Å². The number of hydrogen-bond acceptors (Lipinski definition) is 3. The molecule has 4 aliphatic carbocycles. The predicted octanol–water partition coefficient (Wildman–Crippen LogP) is 3.59. The lowest BCUT2D eigenvalue weighted by molar-refractivity contribution is -0.157. The summed E-state index contributed by atoms with van der Waals surface area (Å²) in [5.74, 6) is 3.00. The first-order valence-corrected chi connectivity index (χ1v) is 9.70. The first-order valence-electron chi connectivity index (χ1n) is 9.70. The molecule has 0 aromatic rings. The van der Waals surface area contributed by atoms with Crippen LogP contribution in [0.1, 0.15) is 64.7 Å². The SMILES string of the molecule is CO[C@H]1CC[C@H]2[C@@H]3CC[C@H]4CC(=O)CC[C@]4(CO)[C@H]3CC[C@]12C. The van der Waals surface area contributed by atoms with Gasteiger partial charge in [-0.25, -0.2) is 0 Å². The molecule has 0 aliphatic heterocycles. The van der Waals surface area contributed by atoms with Crippen LogP contribution in [0.4, 0.5) is 0 Å². The van der Waals surface area contributed by atoms with Crippen molar-refractivity contribution in [3.8, 4) is 0 Å². The van der Waals surface area contributed by atoms with Crippen LogP contribution in [0, 0.1) is 34.5 Å². The second kappa shape index (κ2) is 5.56. The van der Waals surface area contributed by atoms with E-state index < -0.39 is 0 Å². The van der Waals surface area contributed by atoms with Gasteiger partial charge in [-0.3, -0.25) is 4.79 Å². The van der Waals surface area contributed by atoms with Crippen LogP contribution in [-0.4, -0.2) is 30.7 Å². The van der Waals surface area contributed by atoms with Gasteiger partial charge in [-0.15, -0.1) is 0 Å². The summed E-state index contributed by atoms with van der Waals surface area (Å²) in [5.41, 5.74) is 0.382. The first kappa shape index (κ1) is 16.1. The number of carbonyl (C=O) groups excluding carboxylic acids is 1. The van der Waals surface area contributed by atoms with E-state index >= 15 is 0 Å². The summed E-state index contributed by atoms with van der Waals surface area (Å²) >= 11 is 0. The van der Waals surface area contributed by atoms with E-state index in [1.807, 2.05) is 7.11 Å². The van der Waals surface area contributed by atoms with Gasteiger partial charge in [0.2, 0.25) is 0 Å². The minimum Gasteiger partial charge on any atom is -0.396 e. The number of rotatable bonds is 2. The molecule has 0 saturated heterocycles. The Kier molecular flexibility index (Phi) is 3.88. The summed E-state index contributed by atoms with van der Waals surface area (Å²) in [7, 11) is 1.88. The molecule has 23 heavy (non-hydrogen) atoms. The van der Waals surface area contributed by atoms with Crippen LogP contribution in [0.2, 0.25) is 0 Å². The molecular weight excluding hydrogens is 288 g/mol. The number of aliphatic hydroxyl groups is 1. The van der Waals surface area contributed by atoms with Crippen molar-refractivity contribution in [1.29, 1.82) is 0 Å². The van der Waals surface area contributed by atoms with Gasteiger partial charge in [0.05, 0.1) is 6.10 Å². The number of Topliss-reactive ketones (excluding diaryl/α,β-unsaturated/α-hetero) is 1. The fraction of sp³-hybridized carbons (Fsp3) is 0.950. The van der Waals surface area contributed by atoms with E-state index in [9.17, 15) is 9.90 Å². The van der Waals surface area contributed by atoms with Crippen molar-refractivity contribution in [2.24, 2.45) is 34.5 Å². The van der Waals surface area contributed by atoms with E-state index in [2.05, 4.69) is 6.92 Å². The third kappa shape index (κ3) is 2.12. The van der Waals surface area contributed by atoms with E-state index in [0.717, 1.165) is 31.1 Å². The van der Waals surface area contributed by atoms with E-state index in [4.69, 9.17) is 4.74 Å². The van der Waals surface area contributed by atoms with Gasteiger partial charge in [0.25, 0.3) is 0 Å². The van der Waals surface area contributed by atoms with E-state index in [1.165, 1.54) is 32.1 Å². The van der Waals surface area contributed by atoms with Gasteiger partial charge in [0.1, 0.15) is 5.78 Å². The monoisotopic (exact) mass is 320 g/mol. The Balaban J connectivity index is 1.64. The lowest BCUT2D eigenvalue weighted by Gasteiger charge is -2.60. The van der Waals surface area contributed by atoms with Crippen molar-refractivity contribution in [2.75, 3.05) is 13.7 Å². The molecule has 0 radical (unpaired) electrons. The Labute approximate surface area is 140 Å². The molecular formula is C20H32O3. The Morgan fingerprint density at radius 1 is 1.13 bits per heavy atom. The van der Waals surface area contributed by atoms with Crippen LogP contribution in [0.25, 0.3) is 0 Å². The largest absolute Gasteiger partial charge is 0.396 e. The molecule has 0 aromatic carbocycles. The third-order valence-electron chi connectivity index (χ3n) is 8.67. The average Bonchev–Trinajstić information content (AvgIpc) is 2.90. The van der Waals surface area contributed by atoms with Crippen molar-refractivity contribution in [3.63, 3.8) is 0 Å².